The number of amides is 1. The summed E-state index contributed by atoms with van der Waals surface area (Å²) in [5.74, 6) is -0.0919. The molecule has 174 valence electrons. The number of sulfonamides is 1. The van der Waals surface area contributed by atoms with Crippen LogP contribution in [0.25, 0.3) is 0 Å². The highest BCUT2D eigenvalue weighted by atomic mass is 32.2. The average molecular weight is 462 g/mol. The molecule has 1 fully saturated rings. The number of ether oxygens (including phenoxy) is 2. The second-order valence-electron chi connectivity index (χ2n) is 7.72. The molecule has 0 bridgehead atoms. The number of hydrogen-bond acceptors (Lipinski definition) is 6. The van der Waals surface area contributed by atoms with Gasteiger partial charge in [0.1, 0.15) is 10.6 Å². The van der Waals surface area contributed by atoms with Crippen molar-refractivity contribution in [3.05, 3.63) is 59.7 Å². The lowest BCUT2D eigenvalue weighted by molar-refractivity contribution is -0.121. The molecule has 0 aromatic heterocycles. The SMILES string of the molecule is COc1ccc(C)cc1S(=O)(=O)N(CC(=O)NCCN1CCOCC1)Cc1ccccc1. The van der Waals surface area contributed by atoms with Gasteiger partial charge in [-0.2, -0.15) is 4.31 Å². The minimum absolute atomic E-state index is 0.0528. The van der Waals surface area contributed by atoms with E-state index < -0.39 is 10.0 Å². The van der Waals surface area contributed by atoms with Crippen LogP contribution in [0.2, 0.25) is 0 Å². The number of carbonyl (C=O) groups is 1. The Morgan fingerprint density at radius 1 is 1.16 bits per heavy atom. The summed E-state index contributed by atoms with van der Waals surface area (Å²) in [6, 6.07) is 14.2. The van der Waals surface area contributed by atoms with E-state index in [1.807, 2.05) is 37.3 Å². The zero-order valence-corrected chi connectivity index (χ0v) is 19.4. The summed E-state index contributed by atoms with van der Waals surface area (Å²) in [5.41, 5.74) is 1.59. The van der Waals surface area contributed by atoms with E-state index in [0.717, 1.165) is 24.2 Å². The molecule has 1 amide bonds. The Morgan fingerprint density at radius 3 is 2.56 bits per heavy atom. The Morgan fingerprint density at radius 2 is 1.88 bits per heavy atom. The minimum atomic E-state index is -3.98. The third-order valence-electron chi connectivity index (χ3n) is 5.31. The topological polar surface area (TPSA) is 88.2 Å². The fourth-order valence-corrected chi connectivity index (χ4v) is 5.16. The molecule has 0 saturated carbocycles. The lowest BCUT2D eigenvalue weighted by atomic mass is 10.2. The van der Waals surface area contributed by atoms with E-state index in [0.29, 0.717) is 26.3 Å². The smallest absolute Gasteiger partial charge is 0.247 e. The molecule has 0 unspecified atom stereocenters. The number of hydrogen-bond donors (Lipinski definition) is 1. The molecule has 3 rings (SSSR count). The predicted octanol–water partition coefficient (Wildman–Crippen LogP) is 1.64. The van der Waals surface area contributed by atoms with Gasteiger partial charge in [-0.1, -0.05) is 36.4 Å². The van der Waals surface area contributed by atoms with Crippen LogP contribution < -0.4 is 10.1 Å². The summed E-state index contributed by atoms with van der Waals surface area (Å²) < 4.78 is 39.0. The molecule has 1 aliphatic heterocycles. The number of nitrogens with zero attached hydrogens (tertiary/aromatic N) is 2. The molecule has 0 spiro atoms. The van der Waals surface area contributed by atoms with Crippen LogP contribution in [0.15, 0.2) is 53.4 Å². The van der Waals surface area contributed by atoms with Crippen molar-refractivity contribution >= 4 is 15.9 Å². The summed E-state index contributed by atoms with van der Waals surface area (Å²) in [5, 5.41) is 2.85. The highest BCUT2D eigenvalue weighted by molar-refractivity contribution is 7.89. The van der Waals surface area contributed by atoms with E-state index in [1.165, 1.54) is 11.4 Å². The van der Waals surface area contributed by atoms with Crippen molar-refractivity contribution in [2.45, 2.75) is 18.4 Å². The largest absolute Gasteiger partial charge is 0.495 e. The van der Waals surface area contributed by atoms with Crippen LogP contribution in [0, 0.1) is 6.92 Å². The van der Waals surface area contributed by atoms with E-state index in [9.17, 15) is 13.2 Å². The van der Waals surface area contributed by atoms with Crippen LogP contribution in [0.5, 0.6) is 5.75 Å². The first-order valence-electron chi connectivity index (χ1n) is 10.7. The first kappa shape index (κ1) is 24.2. The van der Waals surface area contributed by atoms with Crippen molar-refractivity contribution in [3.8, 4) is 5.75 Å². The Kier molecular flexibility index (Phi) is 8.63. The van der Waals surface area contributed by atoms with Crippen molar-refractivity contribution in [1.29, 1.82) is 0 Å². The summed E-state index contributed by atoms with van der Waals surface area (Å²) in [6.07, 6.45) is 0. The van der Waals surface area contributed by atoms with E-state index >= 15 is 0 Å². The van der Waals surface area contributed by atoms with E-state index in [2.05, 4.69) is 10.2 Å². The lowest BCUT2D eigenvalue weighted by Crippen LogP contribution is -2.44. The molecule has 1 aliphatic rings. The number of rotatable bonds is 10. The van der Waals surface area contributed by atoms with Crippen LogP contribution in [0.3, 0.4) is 0 Å². The molecule has 1 saturated heterocycles. The van der Waals surface area contributed by atoms with Crippen LogP contribution >= 0.6 is 0 Å². The standard InChI is InChI=1S/C23H31N3O5S/c1-19-8-9-21(30-2)22(16-19)32(28,29)26(17-20-6-4-3-5-7-20)18-23(27)24-10-11-25-12-14-31-15-13-25/h3-9,16H,10-15,17-18H2,1-2H3,(H,24,27). The molecular weight excluding hydrogens is 430 g/mol. The van der Waals surface area contributed by atoms with Crippen molar-refractivity contribution < 1.29 is 22.7 Å². The maximum Gasteiger partial charge on any atom is 0.247 e. The van der Waals surface area contributed by atoms with Gasteiger partial charge in [0.2, 0.25) is 15.9 Å². The molecule has 0 radical (unpaired) electrons. The molecule has 2 aromatic rings. The van der Waals surface area contributed by atoms with Crippen molar-refractivity contribution in [2.24, 2.45) is 0 Å². The van der Waals surface area contributed by atoms with Crippen LogP contribution in [-0.2, 0) is 26.1 Å². The molecule has 1 N–H and O–H groups in total. The van der Waals surface area contributed by atoms with E-state index in [-0.39, 0.29) is 29.6 Å². The zero-order valence-electron chi connectivity index (χ0n) is 18.6. The van der Waals surface area contributed by atoms with Gasteiger partial charge in [0, 0.05) is 32.7 Å². The van der Waals surface area contributed by atoms with Crippen molar-refractivity contribution in [1.82, 2.24) is 14.5 Å². The number of aryl methyl sites for hydroxylation is 1. The molecule has 9 heteroatoms. The van der Waals surface area contributed by atoms with Gasteiger partial charge in [0.05, 0.1) is 26.9 Å². The average Bonchev–Trinajstić information content (AvgIpc) is 2.80. The minimum Gasteiger partial charge on any atom is -0.495 e. The van der Waals surface area contributed by atoms with Gasteiger partial charge in [-0.05, 0) is 30.2 Å². The van der Waals surface area contributed by atoms with Gasteiger partial charge in [0.25, 0.3) is 0 Å². The number of morpholine rings is 1. The molecule has 32 heavy (non-hydrogen) atoms. The monoisotopic (exact) mass is 461 g/mol. The summed E-state index contributed by atoms with van der Waals surface area (Å²) in [4.78, 5) is 15.0. The third-order valence-corrected chi connectivity index (χ3v) is 7.13. The number of methoxy groups -OCH3 is 1. The second-order valence-corrected chi connectivity index (χ2v) is 9.62. The molecule has 2 aromatic carbocycles. The van der Waals surface area contributed by atoms with E-state index in [1.54, 1.807) is 18.2 Å². The fourth-order valence-electron chi connectivity index (χ4n) is 3.53. The predicted molar refractivity (Wildman–Crippen MR) is 122 cm³/mol. The zero-order chi connectivity index (χ0) is 23.0. The maximum absolute atomic E-state index is 13.6. The molecule has 0 aliphatic carbocycles. The summed E-state index contributed by atoms with van der Waals surface area (Å²) in [7, 11) is -2.55. The normalized spacial score (nSPS) is 15.0. The number of nitrogens with one attached hydrogen (secondary N) is 1. The Hall–Kier alpha value is -2.46. The molecule has 8 nitrogen and oxygen atoms in total. The quantitative estimate of drug-likeness (QED) is 0.579. The first-order chi connectivity index (χ1) is 15.4. The Bertz CT molecular complexity index is 992. The first-order valence-corrected chi connectivity index (χ1v) is 12.1. The van der Waals surface area contributed by atoms with Crippen LogP contribution in [0.1, 0.15) is 11.1 Å². The fraction of sp³-hybridized carbons (Fsp3) is 0.435. The van der Waals surface area contributed by atoms with Crippen LogP contribution in [0.4, 0.5) is 0 Å². The van der Waals surface area contributed by atoms with Crippen molar-refractivity contribution in [3.63, 3.8) is 0 Å². The summed E-state index contributed by atoms with van der Waals surface area (Å²) >= 11 is 0. The maximum atomic E-state index is 13.6. The lowest BCUT2D eigenvalue weighted by Gasteiger charge is -2.27. The molecule has 1 heterocycles. The van der Waals surface area contributed by atoms with Gasteiger partial charge in [-0.25, -0.2) is 8.42 Å². The van der Waals surface area contributed by atoms with Gasteiger partial charge in [-0.15, -0.1) is 0 Å². The Labute approximate surface area is 190 Å². The third kappa shape index (κ3) is 6.52. The van der Waals surface area contributed by atoms with Gasteiger partial charge >= 0.3 is 0 Å². The van der Waals surface area contributed by atoms with Gasteiger partial charge in [0.15, 0.2) is 0 Å². The summed E-state index contributed by atoms with van der Waals surface area (Å²) in [6.45, 7) is 5.81. The highest BCUT2D eigenvalue weighted by Crippen LogP contribution is 2.28. The Balaban J connectivity index is 1.75. The van der Waals surface area contributed by atoms with Gasteiger partial charge in [-0.3, -0.25) is 9.69 Å². The highest BCUT2D eigenvalue weighted by Gasteiger charge is 2.30. The molecule has 0 atom stereocenters. The van der Waals surface area contributed by atoms with E-state index in [4.69, 9.17) is 9.47 Å². The number of benzene rings is 2. The van der Waals surface area contributed by atoms with Crippen molar-refractivity contribution in [2.75, 3.05) is 53.0 Å². The second kappa shape index (κ2) is 11.4. The van der Waals surface area contributed by atoms with Crippen LogP contribution in [-0.4, -0.2) is 76.6 Å². The number of carbonyl (C=O) groups excluding carboxylic acids is 1. The van der Waals surface area contributed by atoms with Gasteiger partial charge < -0.3 is 14.8 Å². The molecular formula is C23H31N3O5S.